The van der Waals surface area contributed by atoms with E-state index in [1.807, 2.05) is 0 Å². The third-order valence-electron chi connectivity index (χ3n) is 2.02. The lowest BCUT2D eigenvalue weighted by molar-refractivity contribution is -0.274. The molecule has 0 spiro atoms. The zero-order chi connectivity index (χ0) is 13.1. The van der Waals surface area contributed by atoms with E-state index >= 15 is 0 Å². The number of nitrogens with two attached hydrogens (primary N) is 1. The van der Waals surface area contributed by atoms with Crippen molar-refractivity contribution in [1.29, 1.82) is 0 Å². The minimum absolute atomic E-state index is 0. The Hall–Kier alpha value is -1.27. The summed E-state index contributed by atoms with van der Waals surface area (Å²) >= 11 is 0. The quantitative estimate of drug-likeness (QED) is 0.676. The molecule has 1 atom stereocenters. The first-order chi connectivity index (χ1) is 7.83. The monoisotopic (exact) mass is 285 g/mol. The van der Waals surface area contributed by atoms with E-state index < -0.39 is 24.0 Å². The Balaban J connectivity index is 0.00000289. The molecule has 0 saturated heterocycles. The highest BCUT2D eigenvalue weighted by molar-refractivity contribution is 5.85. The van der Waals surface area contributed by atoms with Crippen molar-refractivity contribution in [3.05, 3.63) is 42.2 Å². The summed E-state index contributed by atoms with van der Waals surface area (Å²) in [5, 5.41) is 0. The van der Waals surface area contributed by atoms with Gasteiger partial charge in [0.1, 0.15) is 11.6 Å². The number of hydrogen-bond acceptors (Lipinski definition) is 2. The molecule has 7 heteroatoms. The molecule has 0 saturated carbocycles. The summed E-state index contributed by atoms with van der Waals surface area (Å²) in [5.41, 5.74) is 5.56. The molecule has 2 N–H and O–H groups in total. The van der Waals surface area contributed by atoms with Gasteiger partial charge in [0.15, 0.2) is 0 Å². The van der Waals surface area contributed by atoms with Gasteiger partial charge in [0.2, 0.25) is 0 Å². The maximum absolute atomic E-state index is 13.3. The van der Waals surface area contributed by atoms with Crippen LogP contribution in [0.1, 0.15) is 18.0 Å². The minimum atomic E-state index is -4.81. The van der Waals surface area contributed by atoms with Crippen LogP contribution in [-0.2, 0) is 0 Å². The first-order valence-electron chi connectivity index (χ1n) is 4.75. The SMILES string of the molecule is C=CC[C@@H](N)c1cc(OC(F)(F)F)ccc1F.Cl. The Kier molecular flexibility index (Phi) is 6.14. The van der Waals surface area contributed by atoms with E-state index in [1.165, 1.54) is 6.08 Å². The lowest BCUT2D eigenvalue weighted by Gasteiger charge is -2.14. The van der Waals surface area contributed by atoms with Crippen LogP contribution in [0.3, 0.4) is 0 Å². The van der Waals surface area contributed by atoms with Crippen molar-refractivity contribution in [2.75, 3.05) is 0 Å². The largest absolute Gasteiger partial charge is 0.573 e. The summed E-state index contributed by atoms with van der Waals surface area (Å²) in [6.45, 7) is 3.42. The van der Waals surface area contributed by atoms with Gasteiger partial charge in [-0.25, -0.2) is 4.39 Å². The highest BCUT2D eigenvalue weighted by atomic mass is 35.5. The molecular weight excluding hydrogens is 274 g/mol. The van der Waals surface area contributed by atoms with Crippen molar-refractivity contribution >= 4 is 12.4 Å². The van der Waals surface area contributed by atoms with Crippen LogP contribution in [0.25, 0.3) is 0 Å². The second-order valence-corrected chi connectivity index (χ2v) is 3.36. The van der Waals surface area contributed by atoms with Gasteiger partial charge in [-0.3, -0.25) is 0 Å². The smallest absolute Gasteiger partial charge is 0.406 e. The van der Waals surface area contributed by atoms with Gasteiger partial charge in [-0.2, -0.15) is 0 Å². The zero-order valence-corrected chi connectivity index (χ0v) is 10.0. The molecule has 0 fully saturated rings. The predicted molar refractivity (Wildman–Crippen MR) is 62.1 cm³/mol. The van der Waals surface area contributed by atoms with Gasteiger partial charge in [-0.05, 0) is 24.6 Å². The van der Waals surface area contributed by atoms with Crippen LogP contribution in [0.4, 0.5) is 17.6 Å². The molecule has 0 bridgehead atoms. The third-order valence-corrected chi connectivity index (χ3v) is 2.02. The molecule has 0 aromatic heterocycles. The van der Waals surface area contributed by atoms with Gasteiger partial charge in [0.05, 0.1) is 0 Å². The fourth-order valence-electron chi connectivity index (χ4n) is 1.31. The fraction of sp³-hybridized carbons (Fsp3) is 0.273. The second-order valence-electron chi connectivity index (χ2n) is 3.36. The van der Waals surface area contributed by atoms with Crippen LogP contribution in [0.2, 0.25) is 0 Å². The van der Waals surface area contributed by atoms with Gasteiger partial charge in [-0.15, -0.1) is 32.2 Å². The Morgan fingerprint density at radius 1 is 1.39 bits per heavy atom. The summed E-state index contributed by atoms with van der Waals surface area (Å²) in [6.07, 6.45) is -3.09. The minimum Gasteiger partial charge on any atom is -0.406 e. The highest BCUT2D eigenvalue weighted by Gasteiger charge is 2.31. The lowest BCUT2D eigenvalue weighted by atomic mass is 10.0. The number of rotatable bonds is 4. The highest BCUT2D eigenvalue weighted by Crippen LogP contribution is 2.27. The number of alkyl halides is 3. The molecule has 0 unspecified atom stereocenters. The molecule has 0 aliphatic rings. The number of ether oxygens (including phenoxy) is 1. The van der Waals surface area contributed by atoms with Crippen molar-refractivity contribution in [3.8, 4) is 5.75 Å². The maximum Gasteiger partial charge on any atom is 0.573 e. The Bertz CT molecular complexity index is 409. The molecule has 0 aliphatic heterocycles. The van der Waals surface area contributed by atoms with Crippen LogP contribution < -0.4 is 10.5 Å². The van der Waals surface area contributed by atoms with E-state index in [0.29, 0.717) is 0 Å². The van der Waals surface area contributed by atoms with Crippen LogP contribution >= 0.6 is 12.4 Å². The summed E-state index contributed by atoms with van der Waals surface area (Å²) in [6, 6.07) is 1.98. The molecular formula is C11H12ClF4NO. The van der Waals surface area contributed by atoms with Crippen molar-refractivity contribution in [1.82, 2.24) is 0 Å². The zero-order valence-electron chi connectivity index (χ0n) is 9.21. The van der Waals surface area contributed by atoms with E-state index in [9.17, 15) is 17.6 Å². The van der Waals surface area contributed by atoms with Crippen molar-refractivity contribution in [2.45, 2.75) is 18.8 Å². The summed E-state index contributed by atoms with van der Waals surface area (Å²) in [4.78, 5) is 0. The van der Waals surface area contributed by atoms with Gasteiger partial charge in [0, 0.05) is 11.6 Å². The normalized spacial score (nSPS) is 12.5. The number of hydrogen-bond donors (Lipinski definition) is 1. The molecule has 0 heterocycles. The van der Waals surface area contributed by atoms with E-state index in [1.54, 1.807) is 0 Å². The topological polar surface area (TPSA) is 35.2 Å². The molecule has 0 amide bonds. The number of benzene rings is 1. The van der Waals surface area contributed by atoms with E-state index in [4.69, 9.17) is 5.73 Å². The van der Waals surface area contributed by atoms with Crippen LogP contribution in [0.15, 0.2) is 30.9 Å². The van der Waals surface area contributed by atoms with Gasteiger partial charge >= 0.3 is 6.36 Å². The standard InChI is InChI=1S/C11H11F4NO.ClH/c1-2-3-10(16)8-6-7(4-5-9(8)12)17-11(13,14)15;/h2,4-6,10H,1,3,16H2;1H/t10-;/m1./s1. The molecule has 1 aromatic rings. The Morgan fingerprint density at radius 2 is 2.00 bits per heavy atom. The first-order valence-corrected chi connectivity index (χ1v) is 4.75. The van der Waals surface area contributed by atoms with Crippen LogP contribution in [0.5, 0.6) is 5.75 Å². The molecule has 102 valence electrons. The molecule has 2 nitrogen and oxygen atoms in total. The molecule has 1 rings (SSSR count). The molecule has 0 aliphatic carbocycles. The average Bonchev–Trinajstić information content (AvgIpc) is 2.19. The Labute approximate surface area is 108 Å². The Morgan fingerprint density at radius 3 is 2.50 bits per heavy atom. The van der Waals surface area contributed by atoms with Crippen LogP contribution in [0, 0.1) is 5.82 Å². The molecule has 18 heavy (non-hydrogen) atoms. The second kappa shape index (κ2) is 6.61. The van der Waals surface area contributed by atoms with Gasteiger partial charge in [-0.1, -0.05) is 6.08 Å². The van der Waals surface area contributed by atoms with Gasteiger partial charge < -0.3 is 10.5 Å². The van der Waals surface area contributed by atoms with Crippen molar-refractivity contribution < 1.29 is 22.3 Å². The summed E-state index contributed by atoms with van der Waals surface area (Å²) in [5.74, 6) is -1.16. The maximum atomic E-state index is 13.3. The van der Waals surface area contributed by atoms with E-state index in [0.717, 1.165) is 18.2 Å². The summed E-state index contributed by atoms with van der Waals surface area (Å²) in [7, 11) is 0. The van der Waals surface area contributed by atoms with E-state index in [2.05, 4.69) is 11.3 Å². The molecule has 0 radical (unpaired) electrons. The van der Waals surface area contributed by atoms with Crippen LogP contribution in [-0.4, -0.2) is 6.36 Å². The lowest BCUT2D eigenvalue weighted by Crippen LogP contribution is -2.18. The number of halogens is 5. The predicted octanol–water partition coefficient (Wildman–Crippen LogP) is 3.72. The summed E-state index contributed by atoms with van der Waals surface area (Å²) < 4.78 is 52.9. The van der Waals surface area contributed by atoms with Crippen molar-refractivity contribution in [2.24, 2.45) is 5.73 Å². The fourth-order valence-corrected chi connectivity index (χ4v) is 1.31. The first kappa shape index (κ1) is 16.7. The third kappa shape index (κ3) is 4.93. The molecule has 1 aromatic carbocycles. The van der Waals surface area contributed by atoms with E-state index in [-0.39, 0.29) is 24.4 Å². The average molecular weight is 286 g/mol. The van der Waals surface area contributed by atoms with Gasteiger partial charge in [0.25, 0.3) is 0 Å². The van der Waals surface area contributed by atoms with Crippen molar-refractivity contribution in [3.63, 3.8) is 0 Å².